The third-order valence-corrected chi connectivity index (χ3v) is 7.55. The zero-order chi connectivity index (χ0) is 28.9. The van der Waals surface area contributed by atoms with Crippen LogP contribution >= 0.6 is 0 Å². The molecular weight excluding hydrogens is 524 g/mol. The number of likely N-dealkylation sites (tertiary alicyclic amines) is 1. The summed E-state index contributed by atoms with van der Waals surface area (Å²) in [6.07, 6.45) is 3.85. The predicted molar refractivity (Wildman–Crippen MR) is 150 cm³/mol. The molecule has 0 unspecified atom stereocenters. The van der Waals surface area contributed by atoms with E-state index in [-0.39, 0.29) is 24.3 Å². The zero-order valence-electron chi connectivity index (χ0n) is 23.9. The Hall–Kier alpha value is -3.83. The predicted octanol–water partition coefficient (Wildman–Crippen LogP) is 2.34. The molecule has 2 aliphatic heterocycles. The quantitative estimate of drug-likeness (QED) is 0.361. The molecule has 2 N–H and O–H groups in total. The third kappa shape index (κ3) is 7.47. The summed E-state index contributed by atoms with van der Waals surface area (Å²) in [5, 5.41) is 13.6. The van der Waals surface area contributed by atoms with Crippen molar-refractivity contribution in [1.29, 1.82) is 0 Å². The van der Waals surface area contributed by atoms with Crippen LogP contribution in [0.5, 0.6) is 5.75 Å². The number of ether oxygens (including phenoxy) is 1. The summed E-state index contributed by atoms with van der Waals surface area (Å²) >= 11 is 0. The molecule has 218 valence electrons. The van der Waals surface area contributed by atoms with Gasteiger partial charge in [0.1, 0.15) is 23.9 Å². The summed E-state index contributed by atoms with van der Waals surface area (Å²) in [5.74, 6) is 2.24. The number of nitrogens with zero attached hydrogens (tertiary/aromatic N) is 5. The molecule has 0 radical (unpaired) electrons. The SMILES string of the molecule is CC(=O)N1CC(Cc2cc(C(=O)NC[C@H](O)CN3CCc4cc(OCc5cnco5)ccc4C3)nc(C(C)C)n2)C1. The number of aliphatic hydroxyl groups excluding tert-OH is 1. The standard InChI is InChI=1S/C30H38N6O5/c1-19(2)29-33-24(8-21-13-36(14-21)20(3)37)10-28(34-29)30(39)32-11-25(38)16-35-7-6-22-9-26(5-4-23(22)15-35)40-17-27-12-31-18-41-27/h4-5,9-10,12,18-19,21,25,38H,6-8,11,13-17H2,1-3H3,(H,32,39)/t25-/m0/s1. The molecule has 5 rings (SSSR count). The monoisotopic (exact) mass is 562 g/mol. The van der Waals surface area contributed by atoms with Crippen LogP contribution in [-0.4, -0.2) is 80.5 Å². The molecule has 0 aliphatic carbocycles. The second-order valence-electron chi connectivity index (χ2n) is 11.3. The lowest BCUT2D eigenvalue weighted by atomic mass is 9.94. The number of nitrogens with one attached hydrogen (secondary N) is 1. The van der Waals surface area contributed by atoms with E-state index >= 15 is 0 Å². The first-order chi connectivity index (χ1) is 19.7. The van der Waals surface area contributed by atoms with E-state index in [0.29, 0.717) is 55.9 Å². The molecule has 2 aliphatic rings. The third-order valence-electron chi connectivity index (χ3n) is 7.55. The van der Waals surface area contributed by atoms with Gasteiger partial charge in [0.05, 0.1) is 12.3 Å². The van der Waals surface area contributed by atoms with Crippen molar-refractivity contribution in [2.75, 3.05) is 32.7 Å². The minimum atomic E-state index is -0.719. The number of carbonyl (C=O) groups is 2. The molecule has 0 bridgehead atoms. The number of oxazole rings is 1. The van der Waals surface area contributed by atoms with Crippen LogP contribution in [0, 0.1) is 5.92 Å². The summed E-state index contributed by atoms with van der Waals surface area (Å²) in [6, 6.07) is 7.80. The van der Waals surface area contributed by atoms with Gasteiger partial charge in [-0.1, -0.05) is 19.9 Å². The van der Waals surface area contributed by atoms with Gasteiger partial charge in [0.2, 0.25) is 5.91 Å². The van der Waals surface area contributed by atoms with Crippen molar-refractivity contribution < 1.29 is 23.8 Å². The Morgan fingerprint density at radius 2 is 2.02 bits per heavy atom. The van der Waals surface area contributed by atoms with Crippen LogP contribution in [0.2, 0.25) is 0 Å². The highest BCUT2D eigenvalue weighted by molar-refractivity contribution is 5.92. The molecule has 3 aromatic rings. The molecule has 1 atom stereocenters. The summed E-state index contributed by atoms with van der Waals surface area (Å²) in [7, 11) is 0. The first-order valence-corrected chi connectivity index (χ1v) is 14.2. The number of aliphatic hydroxyl groups is 1. The van der Waals surface area contributed by atoms with Gasteiger partial charge in [0.15, 0.2) is 12.2 Å². The van der Waals surface area contributed by atoms with Gasteiger partial charge in [0, 0.05) is 57.8 Å². The maximum Gasteiger partial charge on any atom is 0.270 e. The van der Waals surface area contributed by atoms with Crippen LogP contribution in [0.1, 0.15) is 65.6 Å². The highest BCUT2D eigenvalue weighted by atomic mass is 16.5. The molecule has 0 spiro atoms. The smallest absolute Gasteiger partial charge is 0.270 e. The van der Waals surface area contributed by atoms with Gasteiger partial charge >= 0.3 is 0 Å². The second-order valence-corrected chi connectivity index (χ2v) is 11.3. The first kappa shape index (κ1) is 28.7. The van der Waals surface area contributed by atoms with Gasteiger partial charge < -0.3 is 24.5 Å². The number of β-amino-alcohol motifs (C(OH)–C–C–N with tert-alkyl or cyclic N) is 1. The van der Waals surface area contributed by atoms with Crippen LogP contribution in [-0.2, 0) is 30.8 Å². The van der Waals surface area contributed by atoms with Crippen LogP contribution in [0.15, 0.2) is 41.3 Å². The van der Waals surface area contributed by atoms with Crippen molar-refractivity contribution in [3.05, 3.63) is 71.0 Å². The molecule has 0 saturated carbocycles. The van der Waals surface area contributed by atoms with Crippen LogP contribution in [0.25, 0.3) is 0 Å². The zero-order valence-corrected chi connectivity index (χ0v) is 23.9. The lowest BCUT2D eigenvalue weighted by molar-refractivity contribution is -0.134. The molecule has 1 saturated heterocycles. The summed E-state index contributed by atoms with van der Waals surface area (Å²) in [5.41, 5.74) is 3.55. The number of aromatic nitrogens is 3. The topological polar surface area (TPSA) is 134 Å². The van der Waals surface area contributed by atoms with Crippen molar-refractivity contribution in [2.45, 2.75) is 58.8 Å². The molecule has 1 aromatic carbocycles. The van der Waals surface area contributed by atoms with E-state index in [4.69, 9.17) is 9.15 Å². The normalized spacial score (nSPS) is 16.3. The van der Waals surface area contributed by atoms with Gasteiger partial charge in [-0.3, -0.25) is 14.5 Å². The Balaban J connectivity index is 1.11. The number of fused-ring (bicyclic) bond motifs is 1. The highest BCUT2D eigenvalue weighted by Gasteiger charge is 2.29. The van der Waals surface area contributed by atoms with Crippen LogP contribution < -0.4 is 10.1 Å². The summed E-state index contributed by atoms with van der Waals surface area (Å²) in [6.45, 7) is 9.42. The van der Waals surface area contributed by atoms with Crippen LogP contribution in [0.3, 0.4) is 0 Å². The number of carbonyl (C=O) groups excluding carboxylic acids is 2. The molecule has 4 heterocycles. The van der Waals surface area contributed by atoms with E-state index < -0.39 is 6.10 Å². The molecule has 11 heteroatoms. The number of hydrogen-bond donors (Lipinski definition) is 2. The Morgan fingerprint density at radius 3 is 2.76 bits per heavy atom. The lowest BCUT2D eigenvalue weighted by Gasteiger charge is -2.38. The maximum absolute atomic E-state index is 13.0. The van der Waals surface area contributed by atoms with Gasteiger partial charge in [0.25, 0.3) is 5.91 Å². The van der Waals surface area contributed by atoms with Gasteiger partial charge in [-0.2, -0.15) is 0 Å². The minimum absolute atomic E-state index is 0.0696. The molecule has 1 fully saturated rings. The average molecular weight is 563 g/mol. The van der Waals surface area contributed by atoms with Gasteiger partial charge in [-0.05, 0) is 48.1 Å². The largest absolute Gasteiger partial charge is 0.486 e. The first-order valence-electron chi connectivity index (χ1n) is 14.2. The molecule has 11 nitrogen and oxygen atoms in total. The van der Waals surface area contributed by atoms with Crippen molar-refractivity contribution in [1.82, 2.24) is 30.1 Å². The molecular formula is C30H38N6O5. The fraction of sp³-hybridized carbons (Fsp3) is 0.500. The van der Waals surface area contributed by atoms with Crippen molar-refractivity contribution >= 4 is 11.8 Å². The number of amides is 2. The minimum Gasteiger partial charge on any atom is -0.486 e. The van der Waals surface area contributed by atoms with E-state index in [2.05, 4.69) is 37.3 Å². The van der Waals surface area contributed by atoms with E-state index in [9.17, 15) is 14.7 Å². The van der Waals surface area contributed by atoms with E-state index in [0.717, 1.165) is 31.0 Å². The van der Waals surface area contributed by atoms with Crippen molar-refractivity contribution in [3.63, 3.8) is 0 Å². The number of rotatable bonds is 11. The molecule has 2 aromatic heterocycles. The highest BCUT2D eigenvalue weighted by Crippen LogP contribution is 2.25. The van der Waals surface area contributed by atoms with Gasteiger partial charge in [-0.15, -0.1) is 0 Å². The summed E-state index contributed by atoms with van der Waals surface area (Å²) < 4.78 is 11.0. The fourth-order valence-electron chi connectivity index (χ4n) is 5.21. The molecule has 41 heavy (non-hydrogen) atoms. The maximum atomic E-state index is 13.0. The summed E-state index contributed by atoms with van der Waals surface area (Å²) in [4.78, 5) is 41.5. The number of hydrogen-bond acceptors (Lipinski definition) is 9. The Kier molecular flexibility index (Phi) is 8.94. The van der Waals surface area contributed by atoms with E-state index in [1.807, 2.05) is 19.9 Å². The Bertz CT molecular complexity index is 1360. The molecule has 2 amide bonds. The Morgan fingerprint density at radius 1 is 1.20 bits per heavy atom. The fourth-order valence-corrected chi connectivity index (χ4v) is 5.21. The van der Waals surface area contributed by atoms with Crippen LogP contribution in [0.4, 0.5) is 0 Å². The second kappa shape index (κ2) is 12.8. The van der Waals surface area contributed by atoms with Gasteiger partial charge in [-0.25, -0.2) is 15.0 Å². The van der Waals surface area contributed by atoms with Crippen molar-refractivity contribution in [2.24, 2.45) is 5.92 Å². The van der Waals surface area contributed by atoms with E-state index in [1.54, 1.807) is 24.1 Å². The average Bonchev–Trinajstić information content (AvgIpc) is 3.45. The number of benzene rings is 1. The van der Waals surface area contributed by atoms with Crippen molar-refractivity contribution in [3.8, 4) is 5.75 Å². The van der Waals surface area contributed by atoms with E-state index in [1.165, 1.54) is 17.5 Å². The lowest BCUT2D eigenvalue weighted by Crippen LogP contribution is -2.49. The Labute approximate surface area is 239 Å².